The Kier molecular flexibility index (Phi) is 3.92. The fraction of sp³-hybridized carbons (Fsp3) is 0.625. The van der Waals surface area contributed by atoms with Crippen LogP contribution in [0.3, 0.4) is 0 Å². The molecule has 1 aromatic carbocycles. The molecule has 1 N–H and O–H groups in total. The molecule has 3 rings (SSSR count). The molecule has 1 saturated heterocycles. The van der Waals surface area contributed by atoms with Gasteiger partial charge in [0.15, 0.2) is 0 Å². The van der Waals surface area contributed by atoms with Gasteiger partial charge in [-0.05, 0) is 44.0 Å². The first kappa shape index (κ1) is 12.8. The molecule has 19 heavy (non-hydrogen) atoms. The van der Waals surface area contributed by atoms with Crippen molar-refractivity contribution in [1.29, 1.82) is 0 Å². The minimum absolute atomic E-state index is 0.594. The van der Waals surface area contributed by atoms with Crippen molar-refractivity contribution in [1.82, 2.24) is 4.90 Å². The zero-order valence-corrected chi connectivity index (χ0v) is 11.8. The normalized spacial score (nSPS) is 22.9. The first-order valence-electron chi connectivity index (χ1n) is 7.61. The predicted molar refractivity (Wildman–Crippen MR) is 79.0 cm³/mol. The van der Waals surface area contributed by atoms with Crippen LogP contribution in [-0.4, -0.2) is 37.2 Å². The maximum Gasteiger partial charge on any atom is 0.142 e. The average molecular weight is 260 g/mol. The lowest BCUT2D eigenvalue weighted by Gasteiger charge is -2.34. The van der Waals surface area contributed by atoms with Crippen LogP contribution in [0.25, 0.3) is 0 Å². The van der Waals surface area contributed by atoms with Crippen LogP contribution in [0.2, 0.25) is 0 Å². The Labute approximate surface area is 115 Å². The Morgan fingerprint density at radius 1 is 1.37 bits per heavy atom. The number of hydrogen-bond acceptors (Lipinski definition) is 3. The van der Waals surface area contributed by atoms with Gasteiger partial charge >= 0.3 is 0 Å². The van der Waals surface area contributed by atoms with E-state index in [9.17, 15) is 0 Å². The van der Waals surface area contributed by atoms with Gasteiger partial charge in [-0.1, -0.05) is 25.5 Å². The summed E-state index contributed by atoms with van der Waals surface area (Å²) in [6.07, 6.45) is 5.08. The van der Waals surface area contributed by atoms with Crippen molar-refractivity contribution in [2.75, 3.05) is 31.6 Å². The number of hydrogen-bond donors (Lipinski definition) is 1. The molecule has 3 nitrogen and oxygen atoms in total. The van der Waals surface area contributed by atoms with Crippen LogP contribution in [0.1, 0.15) is 31.7 Å². The molecule has 0 saturated carbocycles. The van der Waals surface area contributed by atoms with E-state index in [0.29, 0.717) is 6.04 Å². The summed E-state index contributed by atoms with van der Waals surface area (Å²) >= 11 is 0. The van der Waals surface area contributed by atoms with Gasteiger partial charge in [0.2, 0.25) is 0 Å². The summed E-state index contributed by atoms with van der Waals surface area (Å²) < 4.78 is 6.12. The minimum atomic E-state index is 0.594. The predicted octanol–water partition coefficient (Wildman–Crippen LogP) is 2.91. The molecule has 1 fully saturated rings. The van der Waals surface area contributed by atoms with Crippen molar-refractivity contribution in [2.45, 2.75) is 38.6 Å². The number of ether oxygens (including phenoxy) is 1. The van der Waals surface area contributed by atoms with Gasteiger partial charge in [0.05, 0.1) is 5.69 Å². The molecule has 1 aromatic rings. The Morgan fingerprint density at radius 3 is 3.21 bits per heavy atom. The zero-order chi connectivity index (χ0) is 13.1. The standard InChI is InChI=1S/C16H24N2O/c1-2-18-11-4-3-7-14(18)12-19-15-8-5-6-13-9-10-17-16(13)15/h5-6,8,14,17H,2-4,7,9-12H2,1H3. The summed E-state index contributed by atoms with van der Waals surface area (Å²) in [5.74, 6) is 1.04. The second-order valence-electron chi connectivity index (χ2n) is 5.56. The molecule has 2 aliphatic heterocycles. The number of likely N-dealkylation sites (tertiary alicyclic amines) is 1. The summed E-state index contributed by atoms with van der Waals surface area (Å²) in [6, 6.07) is 6.99. The highest BCUT2D eigenvalue weighted by molar-refractivity contribution is 5.65. The first-order chi connectivity index (χ1) is 9.38. The van der Waals surface area contributed by atoms with Gasteiger partial charge in [0.1, 0.15) is 12.4 Å². The van der Waals surface area contributed by atoms with Gasteiger partial charge in [0.25, 0.3) is 0 Å². The number of rotatable bonds is 4. The molecule has 1 unspecified atom stereocenters. The van der Waals surface area contributed by atoms with Crippen LogP contribution < -0.4 is 10.1 Å². The highest BCUT2D eigenvalue weighted by atomic mass is 16.5. The Morgan fingerprint density at radius 2 is 2.32 bits per heavy atom. The van der Waals surface area contributed by atoms with E-state index in [2.05, 4.69) is 35.3 Å². The van der Waals surface area contributed by atoms with Crippen LogP contribution in [0.4, 0.5) is 5.69 Å². The van der Waals surface area contributed by atoms with Crippen LogP contribution in [0.15, 0.2) is 18.2 Å². The van der Waals surface area contributed by atoms with E-state index >= 15 is 0 Å². The largest absolute Gasteiger partial charge is 0.490 e. The van der Waals surface area contributed by atoms with Crippen LogP contribution >= 0.6 is 0 Å². The summed E-state index contributed by atoms with van der Waals surface area (Å²) in [5, 5.41) is 3.44. The van der Waals surface area contributed by atoms with E-state index in [1.54, 1.807) is 0 Å². The Balaban J connectivity index is 1.64. The monoisotopic (exact) mass is 260 g/mol. The maximum atomic E-state index is 6.12. The summed E-state index contributed by atoms with van der Waals surface area (Å²) in [4.78, 5) is 2.56. The molecular weight excluding hydrogens is 236 g/mol. The zero-order valence-electron chi connectivity index (χ0n) is 11.8. The van der Waals surface area contributed by atoms with E-state index < -0.39 is 0 Å². The maximum absolute atomic E-state index is 6.12. The van der Waals surface area contributed by atoms with Gasteiger partial charge in [0, 0.05) is 12.6 Å². The van der Waals surface area contributed by atoms with Crippen molar-refractivity contribution in [2.24, 2.45) is 0 Å². The summed E-state index contributed by atoms with van der Waals surface area (Å²) in [5.41, 5.74) is 2.62. The van der Waals surface area contributed by atoms with E-state index in [-0.39, 0.29) is 0 Å². The number of para-hydroxylation sites is 1. The van der Waals surface area contributed by atoms with Gasteiger partial charge in [-0.15, -0.1) is 0 Å². The van der Waals surface area contributed by atoms with E-state index in [0.717, 1.165) is 31.9 Å². The van der Waals surface area contributed by atoms with Crippen LogP contribution in [-0.2, 0) is 6.42 Å². The number of nitrogens with one attached hydrogen (secondary N) is 1. The molecule has 0 spiro atoms. The topological polar surface area (TPSA) is 24.5 Å². The smallest absolute Gasteiger partial charge is 0.142 e. The molecule has 2 heterocycles. The van der Waals surface area contributed by atoms with Crippen LogP contribution in [0, 0.1) is 0 Å². The van der Waals surface area contributed by atoms with Crippen molar-refractivity contribution < 1.29 is 4.74 Å². The third kappa shape index (κ3) is 2.71. The average Bonchev–Trinajstić information content (AvgIpc) is 2.94. The SMILES string of the molecule is CCN1CCCCC1COc1cccc2c1NCC2. The fourth-order valence-corrected chi connectivity index (χ4v) is 3.28. The Bertz CT molecular complexity index is 433. The third-order valence-electron chi connectivity index (χ3n) is 4.40. The number of benzene rings is 1. The molecule has 3 heteroatoms. The molecule has 0 radical (unpaired) electrons. The van der Waals surface area contributed by atoms with Crippen molar-refractivity contribution in [3.63, 3.8) is 0 Å². The van der Waals surface area contributed by atoms with Crippen molar-refractivity contribution >= 4 is 5.69 Å². The minimum Gasteiger partial charge on any atom is -0.490 e. The number of nitrogens with zero attached hydrogens (tertiary/aromatic N) is 1. The van der Waals surface area contributed by atoms with E-state index in [1.807, 2.05) is 0 Å². The molecule has 0 aromatic heterocycles. The lowest BCUT2D eigenvalue weighted by Crippen LogP contribution is -2.42. The Hall–Kier alpha value is -1.22. The number of anilines is 1. The summed E-state index contributed by atoms with van der Waals surface area (Å²) in [7, 11) is 0. The number of likely N-dealkylation sites (N-methyl/N-ethyl adjacent to an activating group) is 1. The molecule has 0 amide bonds. The van der Waals surface area contributed by atoms with Gasteiger partial charge < -0.3 is 10.1 Å². The lowest BCUT2D eigenvalue weighted by atomic mass is 10.0. The third-order valence-corrected chi connectivity index (χ3v) is 4.40. The highest BCUT2D eigenvalue weighted by Crippen LogP contribution is 2.33. The van der Waals surface area contributed by atoms with E-state index in [1.165, 1.54) is 37.1 Å². The highest BCUT2D eigenvalue weighted by Gasteiger charge is 2.22. The number of fused-ring (bicyclic) bond motifs is 1. The second kappa shape index (κ2) is 5.83. The molecule has 0 aliphatic carbocycles. The molecule has 2 aliphatic rings. The van der Waals surface area contributed by atoms with Gasteiger partial charge in [-0.25, -0.2) is 0 Å². The molecule has 1 atom stereocenters. The molecule has 0 bridgehead atoms. The van der Waals surface area contributed by atoms with Crippen molar-refractivity contribution in [3.8, 4) is 5.75 Å². The van der Waals surface area contributed by atoms with Gasteiger partial charge in [-0.3, -0.25) is 4.90 Å². The first-order valence-corrected chi connectivity index (χ1v) is 7.61. The number of piperidine rings is 1. The van der Waals surface area contributed by atoms with Crippen molar-refractivity contribution in [3.05, 3.63) is 23.8 Å². The van der Waals surface area contributed by atoms with E-state index in [4.69, 9.17) is 4.74 Å². The fourth-order valence-electron chi connectivity index (χ4n) is 3.28. The summed E-state index contributed by atoms with van der Waals surface area (Å²) in [6.45, 7) is 6.49. The van der Waals surface area contributed by atoms with Gasteiger partial charge in [-0.2, -0.15) is 0 Å². The quantitative estimate of drug-likeness (QED) is 0.901. The molecule has 104 valence electrons. The second-order valence-corrected chi connectivity index (χ2v) is 5.56. The van der Waals surface area contributed by atoms with Crippen LogP contribution in [0.5, 0.6) is 5.75 Å². The lowest BCUT2D eigenvalue weighted by molar-refractivity contribution is 0.105. The molecular formula is C16H24N2O.